The van der Waals surface area contributed by atoms with Crippen LogP contribution < -0.4 is 0 Å². The molecule has 0 aliphatic carbocycles. The summed E-state index contributed by atoms with van der Waals surface area (Å²) in [5.74, 6) is 0. The van der Waals surface area contributed by atoms with Gasteiger partial charge in [0.1, 0.15) is 12.2 Å². The summed E-state index contributed by atoms with van der Waals surface area (Å²) < 4.78 is 17.4. The van der Waals surface area contributed by atoms with Gasteiger partial charge in [-0.2, -0.15) is 5.10 Å². The van der Waals surface area contributed by atoms with E-state index in [0.717, 1.165) is 12.3 Å². The van der Waals surface area contributed by atoms with Crippen molar-refractivity contribution in [3.8, 4) is 0 Å². The number of hydrogen-bond donors (Lipinski definition) is 1. The van der Waals surface area contributed by atoms with Crippen molar-refractivity contribution in [1.82, 2.24) is 9.78 Å². The molecular weight excluding hydrogens is 224 g/mol. The third-order valence-electron chi connectivity index (χ3n) is 2.50. The van der Waals surface area contributed by atoms with Crippen molar-refractivity contribution in [2.75, 3.05) is 26.4 Å². The second kappa shape index (κ2) is 6.11. The first-order chi connectivity index (χ1) is 8.25. The molecule has 1 N–H and O–H groups in total. The zero-order valence-corrected chi connectivity index (χ0v) is 9.91. The summed E-state index contributed by atoms with van der Waals surface area (Å²) in [4.78, 5) is 0. The summed E-state index contributed by atoms with van der Waals surface area (Å²) in [6.07, 6.45) is 1.35. The molecule has 0 saturated carbocycles. The van der Waals surface area contributed by atoms with Gasteiger partial charge in [-0.15, -0.1) is 0 Å². The van der Waals surface area contributed by atoms with Gasteiger partial charge in [-0.1, -0.05) is 0 Å². The van der Waals surface area contributed by atoms with Crippen LogP contribution in [0.2, 0.25) is 0 Å². The van der Waals surface area contributed by atoms with Crippen LogP contribution in [0, 0.1) is 0 Å². The summed E-state index contributed by atoms with van der Waals surface area (Å²) >= 11 is 0. The van der Waals surface area contributed by atoms with Crippen molar-refractivity contribution in [1.29, 1.82) is 0 Å². The van der Waals surface area contributed by atoms with E-state index in [4.69, 9.17) is 14.2 Å². The lowest BCUT2D eigenvalue weighted by molar-refractivity contribution is -0.0268. The van der Waals surface area contributed by atoms with E-state index in [1.165, 1.54) is 0 Å². The molecule has 1 aromatic rings. The van der Waals surface area contributed by atoms with Gasteiger partial charge >= 0.3 is 0 Å². The maximum absolute atomic E-state index is 9.57. The summed E-state index contributed by atoms with van der Waals surface area (Å²) in [7, 11) is 1.86. The minimum absolute atomic E-state index is 0.234. The molecule has 96 valence electrons. The number of rotatable bonds is 8. The van der Waals surface area contributed by atoms with Gasteiger partial charge in [-0.3, -0.25) is 4.68 Å². The minimum Gasteiger partial charge on any atom is -0.388 e. The number of aryl methyl sites for hydroxylation is 1. The van der Waals surface area contributed by atoms with Crippen LogP contribution in [0.1, 0.15) is 5.69 Å². The molecule has 2 rings (SSSR count). The second-order valence-corrected chi connectivity index (χ2v) is 4.11. The van der Waals surface area contributed by atoms with Crippen LogP contribution in [-0.2, 0) is 27.9 Å². The Morgan fingerprint density at radius 1 is 1.59 bits per heavy atom. The van der Waals surface area contributed by atoms with Crippen molar-refractivity contribution < 1.29 is 19.3 Å². The first-order valence-corrected chi connectivity index (χ1v) is 5.67. The Balaban J connectivity index is 1.53. The molecule has 1 aliphatic heterocycles. The van der Waals surface area contributed by atoms with Crippen LogP contribution in [-0.4, -0.2) is 53.5 Å². The van der Waals surface area contributed by atoms with E-state index >= 15 is 0 Å². The number of ether oxygens (including phenoxy) is 3. The lowest BCUT2D eigenvalue weighted by Crippen LogP contribution is -2.23. The Bertz CT molecular complexity index is 338. The number of nitrogens with zero attached hydrogens (tertiary/aromatic N) is 2. The number of hydrogen-bond acceptors (Lipinski definition) is 5. The third-order valence-corrected chi connectivity index (χ3v) is 2.50. The highest BCUT2D eigenvalue weighted by molar-refractivity contribution is 4.97. The van der Waals surface area contributed by atoms with Crippen LogP contribution in [0.25, 0.3) is 0 Å². The molecule has 0 bridgehead atoms. The van der Waals surface area contributed by atoms with Crippen LogP contribution in [0.5, 0.6) is 0 Å². The first-order valence-electron chi connectivity index (χ1n) is 5.67. The van der Waals surface area contributed by atoms with E-state index in [0.29, 0.717) is 13.2 Å². The van der Waals surface area contributed by atoms with E-state index in [1.807, 2.05) is 13.1 Å². The molecule has 17 heavy (non-hydrogen) atoms. The molecular formula is C11H18N2O4. The second-order valence-electron chi connectivity index (χ2n) is 4.11. The van der Waals surface area contributed by atoms with E-state index < -0.39 is 6.10 Å². The molecule has 0 radical (unpaired) electrons. The molecule has 1 fully saturated rings. The molecule has 2 atom stereocenters. The minimum atomic E-state index is -0.595. The smallest absolute Gasteiger partial charge is 0.104 e. The molecule has 2 heterocycles. The number of aliphatic hydroxyl groups excluding tert-OH is 1. The molecule has 0 aromatic carbocycles. The highest BCUT2D eigenvalue weighted by Gasteiger charge is 2.22. The average Bonchev–Trinajstić information content (AvgIpc) is 3.03. The van der Waals surface area contributed by atoms with Crippen LogP contribution in [0.4, 0.5) is 0 Å². The Morgan fingerprint density at radius 3 is 3.00 bits per heavy atom. The fourth-order valence-corrected chi connectivity index (χ4v) is 1.39. The van der Waals surface area contributed by atoms with Gasteiger partial charge in [0.05, 0.1) is 38.7 Å². The van der Waals surface area contributed by atoms with Gasteiger partial charge in [-0.25, -0.2) is 0 Å². The highest BCUT2D eigenvalue weighted by Crippen LogP contribution is 2.08. The molecule has 1 saturated heterocycles. The number of aliphatic hydroxyl groups is 1. The van der Waals surface area contributed by atoms with E-state index in [-0.39, 0.29) is 19.3 Å². The molecule has 2 unspecified atom stereocenters. The van der Waals surface area contributed by atoms with Gasteiger partial charge in [0.25, 0.3) is 0 Å². The predicted molar refractivity (Wildman–Crippen MR) is 59.4 cm³/mol. The van der Waals surface area contributed by atoms with Gasteiger partial charge < -0.3 is 19.3 Å². The summed E-state index contributed by atoms with van der Waals surface area (Å²) in [5.41, 5.74) is 0.976. The van der Waals surface area contributed by atoms with Crippen molar-refractivity contribution in [2.45, 2.75) is 18.8 Å². The topological polar surface area (TPSA) is 69.0 Å². The lowest BCUT2D eigenvalue weighted by atomic mass is 10.4. The third kappa shape index (κ3) is 4.43. The zero-order chi connectivity index (χ0) is 12.1. The fraction of sp³-hybridized carbons (Fsp3) is 0.727. The van der Waals surface area contributed by atoms with Crippen LogP contribution in [0.15, 0.2) is 12.3 Å². The maximum Gasteiger partial charge on any atom is 0.104 e. The normalized spacial score (nSPS) is 20.5. The summed E-state index contributed by atoms with van der Waals surface area (Å²) in [6, 6.07) is 1.88. The van der Waals surface area contributed by atoms with E-state index in [9.17, 15) is 5.11 Å². The van der Waals surface area contributed by atoms with Crippen LogP contribution >= 0.6 is 0 Å². The van der Waals surface area contributed by atoms with Gasteiger partial charge in [-0.05, 0) is 6.07 Å². The van der Waals surface area contributed by atoms with Crippen LogP contribution in [0.3, 0.4) is 0 Å². The summed E-state index contributed by atoms with van der Waals surface area (Å²) in [6.45, 7) is 2.31. The van der Waals surface area contributed by atoms with Gasteiger partial charge in [0, 0.05) is 13.2 Å². The monoisotopic (exact) mass is 242 g/mol. The highest BCUT2D eigenvalue weighted by atomic mass is 16.6. The van der Waals surface area contributed by atoms with Crippen molar-refractivity contribution >= 4 is 0 Å². The fourth-order valence-electron chi connectivity index (χ4n) is 1.39. The number of epoxide rings is 1. The standard InChI is InChI=1S/C11H18N2O4/c1-13-9(2-3-12-13)4-15-5-10(14)6-16-7-11-8-17-11/h2-3,10-11,14H,4-8H2,1H3. The Kier molecular flexibility index (Phi) is 4.49. The predicted octanol–water partition coefficient (Wildman–Crippen LogP) is -0.287. The number of aromatic nitrogens is 2. The molecule has 6 heteroatoms. The first kappa shape index (κ1) is 12.5. The SMILES string of the molecule is Cn1nccc1COCC(O)COCC1CO1. The maximum atomic E-state index is 9.57. The Labute approximate surface area is 100 Å². The zero-order valence-electron chi connectivity index (χ0n) is 9.91. The lowest BCUT2D eigenvalue weighted by Gasteiger charge is -2.11. The Morgan fingerprint density at radius 2 is 2.35 bits per heavy atom. The Hall–Kier alpha value is -0.950. The summed E-state index contributed by atoms with van der Waals surface area (Å²) in [5, 5.41) is 13.6. The quantitative estimate of drug-likeness (QED) is 0.635. The molecule has 6 nitrogen and oxygen atoms in total. The van der Waals surface area contributed by atoms with Crippen molar-refractivity contribution in [3.63, 3.8) is 0 Å². The van der Waals surface area contributed by atoms with E-state index in [1.54, 1.807) is 10.9 Å². The largest absolute Gasteiger partial charge is 0.388 e. The molecule has 1 aromatic heterocycles. The molecule has 1 aliphatic rings. The van der Waals surface area contributed by atoms with Gasteiger partial charge in [0.15, 0.2) is 0 Å². The van der Waals surface area contributed by atoms with Gasteiger partial charge in [0.2, 0.25) is 0 Å². The molecule has 0 spiro atoms. The van der Waals surface area contributed by atoms with E-state index in [2.05, 4.69) is 5.10 Å². The molecule has 0 amide bonds. The van der Waals surface area contributed by atoms with Crippen molar-refractivity contribution in [3.05, 3.63) is 18.0 Å². The average molecular weight is 242 g/mol. The van der Waals surface area contributed by atoms with Crippen molar-refractivity contribution in [2.24, 2.45) is 7.05 Å².